The zero-order chi connectivity index (χ0) is 18.1. The standard InChI is InChI=1S/C17H13ClN6O2/c1-10-7-15(25)24-17(20-10)22-16(23-24)21-13-8-11(18)4-5-14(13)26-12-3-2-6-19-9-12/h2-9H,1H3,(H2,20,21,22,23). The fraction of sp³-hybridized carbons (Fsp3) is 0.0588. The van der Waals surface area contributed by atoms with E-state index < -0.39 is 0 Å². The second kappa shape index (κ2) is 6.49. The molecule has 2 N–H and O–H groups in total. The van der Waals surface area contributed by atoms with Crippen molar-refractivity contribution in [1.82, 2.24) is 24.6 Å². The summed E-state index contributed by atoms with van der Waals surface area (Å²) in [6, 6.07) is 10.1. The van der Waals surface area contributed by atoms with Gasteiger partial charge in [-0.25, -0.2) is 4.98 Å². The maximum atomic E-state index is 12.0. The number of fused-ring (bicyclic) bond motifs is 1. The average molecular weight is 369 g/mol. The summed E-state index contributed by atoms with van der Waals surface area (Å²) in [5.41, 5.74) is 0.924. The number of ether oxygens (including phenoxy) is 1. The van der Waals surface area contributed by atoms with Gasteiger partial charge in [0.25, 0.3) is 11.3 Å². The first-order chi connectivity index (χ1) is 12.6. The summed E-state index contributed by atoms with van der Waals surface area (Å²) in [4.78, 5) is 24.5. The molecule has 0 aliphatic carbocycles. The lowest BCUT2D eigenvalue weighted by Crippen LogP contribution is -2.14. The molecule has 4 rings (SSSR count). The molecule has 130 valence electrons. The van der Waals surface area contributed by atoms with Crippen LogP contribution in [0, 0.1) is 6.92 Å². The van der Waals surface area contributed by atoms with Gasteiger partial charge < -0.3 is 10.1 Å². The summed E-state index contributed by atoms with van der Waals surface area (Å²) < 4.78 is 7.10. The lowest BCUT2D eigenvalue weighted by Gasteiger charge is -2.11. The maximum absolute atomic E-state index is 12.0. The molecule has 3 aromatic heterocycles. The maximum Gasteiger partial charge on any atom is 0.274 e. The highest BCUT2D eigenvalue weighted by Crippen LogP contribution is 2.33. The van der Waals surface area contributed by atoms with Crippen LogP contribution in [0.15, 0.2) is 53.6 Å². The number of pyridine rings is 1. The Morgan fingerprint density at radius 3 is 2.92 bits per heavy atom. The fourth-order valence-electron chi connectivity index (χ4n) is 2.40. The molecule has 26 heavy (non-hydrogen) atoms. The molecule has 3 heterocycles. The summed E-state index contributed by atoms with van der Waals surface area (Å²) in [5, 5.41) is 6.45. The van der Waals surface area contributed by atoms with Crippen molar-refractivity contribution < 1.29 is 4.74 Å². The van der Waals surface area contributed by atoms with Crippen molar-refractivity contribution in [2.75, 3.05) is 5.32 Å². The number of aromatic nitrogens is 5. The topological polar surface area (TPSA) is 97.2 Å². The first kappa shape index (κ1) is 16.1. The first-order valence-electron chi connectivity index (χ1n) is 7.69. The smallest absolute Gasteiger partial charge is 0.274 e. The Labute approximate surface area is 152 Å². The van der Waals surface area contributed by atoms with E-state index in [9.17, 15) is 4.79 Å². The van der Waals surface area contributed by atoms with Crippen LogP contribution in [0.4, 0.5) is 11.6 Å². The van der Waals surface area contributed by atoms with Gasteiger partial charge in [0.2, 0.25) is 5.95 Å². The minimum absolute atomic E-state index is 0.244. The van der Waals surface area contributed by atoms with Crippen LogP contribution in [0.1, 0.15) is 5.69 Å². The van der Waals surface area contributed by atoms with Gasteiger partial charge in [-0.2, -0.15) is 9.50 Å². The molecule has 0 amide bonds. The molecule has 0 atom stereocenters. The Morgan fingerprint density at radius 2 is 2.12 bits per heavy atom. The van der Waals surface area contributed by atoms with Crippen molar-refractivity contribution in [2.45, 2.75) is 6.92 Å². The van der Waals surface area contributed by atoms with Crippen molar-refractivity contribution in [3.63, 3.8) is 0 Å². The number of hydrogen-bond acceptors (Lipinski definition) is 6. The monoisotopic (exact) mass is 368 g/mol. The van der Waals surface area contributed by atoms with Crippen molar-refractivity contribution in [2.24, 2.45) is 0 Å². The SMILES string of the molecule is Cc1cc(=O)n2[nH]c(Nc3cc(Cl)ccc3Oc3cccnc3)nc2n1. The van der Waals surface area contributed by atoms with Crippen LogP contribution in [0.3, 0.4) is 0 Å². The van der Waals surface area contributed by atoms with Gasteiger partial charge in [0.15, 0.2) is 5.75 Å². The van der Waals surface area contributed by atoms with Gasteiger partial charge in [-0.1, -0.05) is 11.6 Å². The molecule has 4 aromatic rings. The number of hydrogen-bond donors (Lipinski definition) is 2. The second-order valence-electron chi connectivity index (χ2n) is 5.50. The third kappa shape index (κ3) is 3.22. The lowest BCUT2D eigenvalue weighted by molar-refractivity contribution is 0.482. The Morgan fingerprint density at radius 1 is 1.23 bits per heavy atom. The van der Waals surface area contributed by atoms with Gasteiger partial charge >= 0.3 is 0 Å². The number of aryl methyl sites for hydroxylation is 1. The van der Waals surface area contributed by atoms with Gasteiger partial charge in [0.05, 0.1) is 11.9 Å². The molecule has 0 bridgehead atoms. The molecule has 9 heteroatoms. The van der Waals surface area contributed by atoms with Crippen LogP contribution in [0.2, 0.25) is 5.02 Å². The van der Waals surface area contributed by atoms with Gasteiger partial charge in [-0.05, 0) is 37.3 Å². The predicted octanol–water partition coefficient (Wildman–Crippen LogP) is 3.31. The Kier molecular flexibility index (Phi) is 4.02. The number of H-pyrrole nitrogens is 1. The van der Waals surface area contributed by atoms with E-state index in [4.69, 9.17) is 16.3 Å². The van der Waals surface area contributed by atoms with Crippen LogP contribution < -0.4 is 15.6 Å². The van der Waals surface area contributed by atoms with Crippen molar-refractivity contribution in [3.05, 3.63) is 69.9 Å². The van der Waals surface area contributed by atoms with E-state index in [1.165, 1.54) is 10.6 Å². The third-order valence-corrected chi connectivity index (χ3v) is 3.75. The van der Waals surface area contributed by atoms with E-state index in [-0.39, 0.29) is 11.3 Å². The van der Waals surface area contributed by atoms with Crippen LogP contribution in [0.5, 0.6) is 11.5 Å². The molecule has 0 aliphatic rings. The van der Waals surface area contributed by atoms with Gasteiger partial charge in [-0.3, -0.25) is 14.9 Å². The molecule has 0 unspecified atom stereocenters. The zero-order valence-electron chi connectivity index (χ0n) is 13.6. The van der Waals surface area contributed by atoms with Gasteiger partial charge in [0, 0.05) is 23.0 Å². The van der Waals surface area contributed by atoms with Crippen molar-refractivity contribution >= 4 is 29.0 Å². The highest BCUT2D eigenvalue weighted by molar-refractivity contribution is 6.31. The van der Waals surface area contributed by atoms with E-state index in [0.717, 1.165) is 0 Å². The Balaban J connectivity index is 1.70. The number of halogens is 1. The van der Waals surface area contributed by atoms with E-state index in [0.29, 0.717) is 33.9 Å². The van der Waals surface area contributed by atoms with Crippen LogP contribution in [0.25, 0.3) is 5.78 Å². The highest BCUT2D eigenvalue weighted by atomic mass is 35.5. The minimum atomic E-state index is -0.244. The van der Waals surface area contributed by atoms with Crippen molar-refractivity contribution in [3.8, 4) is 11.5 Å². The minimum Gasteiger partial charge on any atom is -0.454 e. The first-order valence-corrected chi connectivity index (χ1v) is 8.07. The van der Waals surface area contributed by atoms with Crippen LogP contribution in [-0.2, 0) is 0 Å². The molecule has 0 aliphatic heterocycles. The molecular weight excluding hydrogens is 356 g/mol. The number of aromatic amines is 1. The van der Waals surface area contributed by atoms with Gasteiger partial charge in [0.1, 0.15) is 5.75 Å². The number of nitrogens with one attached hydrogen (secondary N) is 2. The largest absolute Gasteiger partial charge is 0.454 e. The summed E-state index contributed by atoms with van der Waals surface area (Å²) >= 11 is 6.10. The van der Waals surface area contributed by atoms with E-state index in [2.05, 4.69) is 25.4 Å². The molecule has 0 saturated carbocycles. The van der Waals surface area contributed by atoms with Crippen LogP contribution in [-0.4, -0.2) is 24.6 Å². The van der Waals surface area contributed by atoms with E-state index >= 15 is 0 Å². The molecule has 1 aromatic carbocycles. The fourth-order valence-corrected chi connectivity index (χ4v) is 2.57. The Hall–Kier alpha value is -3.39. The second-order valence-corrected chi connectivity index (χ2v) is 5.94. The van der Waals surface area contributed by atoms with E-state index in [1.54, 1.807) is 49.6 Å². The molecule has 0 spiro atoms. The molecular formula is C17H13ClN6O2. The van der Waals surface area contributed by atoms with Crippen LogP contribution >= 0.6 is 11.6 Å². The molecule has 0 radical (unpaired) electrons. The third-order valence-electron chi connectivity index (χ3n) is 3.52. The number of nitrogens with zero attached hydrogens (tertiary/aromatic N) is 4. The zero-order valence-corrected chi connectivity index (χ0v) is 14.4. The summed E-state index contributed by atoms with van der Waals surface area (Å²) in [7, 11) is 0. The highest BCUT2D eigenvalue weighted by Gasteiger charge is 2.11. The summed E-state index contributed by atoms with van der Waals surface area (Å²) in [6.45, 7) is 1.74. The number of rotatable bonds is 4. The van der Waals surface area contributed by atoms with Gasteiger partial charge in [-0.15, -0.1) is 0 Å². The quantitative estimate of drug-likeness (QED) is 0.573. The van der Waals surface area contributed by atoms with E-state index in [1.807, 2.05) is 0 Å². The molecule has 8 nitrogen and oxygen atoms in total. The predicted molar refractivity (Wildman–Crippen MR) is 97.4 cm³/mol. The summed E-state index contributed by atoms with van der Waals surface area (Å²) in [5.74, 6) is 1.71. The average Bonchev–Trinajstić information content (AvgIpc) is 3.01. The number of anilines is 2. The molecule has 0 saturated heterocycles. The number of benzene rings is 1. The molecule has 0 fully saturated rings. The lowest BCUT2D eigenvalue weighted by atomic mass is 10.3. The Bertz CT molecular complexity index is 1140. The summed E-state index contributed by atoms with van der Waals surface area (Å²) in [6.07, 6.45) is 3.26. The normalized spacial score (nSPS) is 10.8. The van der Waals surface area contributed by atoms with Crippen molar-refractivity contribution in [1.29, 1.82) is 0 Å².